The summed E-state index contributed by atoms with van der Waals surface area (Å²) in [6, 6.07) is 13.5. The minimum absolute atomic E-state index is 0.0180. The van der Waals surface area contributed by atoms with Gasteiger partial charge in [0, 0.05) is 18.7 Å². The van der Waals surface area contributed by atoms with Gasteiger partial charge in [0.2, 0.25) is 0 Å². The SMILES string of the molecule is CN(C)CCN1C(=O)C(=O)/C(=C(/O)c2ccccc2)[C@@H]1c1cccc(F)c1. The summed E-state index contributed by atoms with van der Waals surface area (Å²) in [6.07, 6.45) is 0. The summed E-state index contributed by atoms with van der Waals surface area (Å²) in [5, 5.41) is 10.8. The molecule has 0 radical (unpaired) electrons. The second-order valence-corrected chi connectivity index (χ2v) is 6.72. The highest BCUT2D eigenvalue weighted by atomic mass is 19.1. The van der Waals surface area contributed by atoms with Crippen LogP contribution in [0.15, 0.2) is 60.2 Å². The van der Waals surface area contributed by atoms with Crippen molar-refractivity contribution in [3.63, 3.8) is 0 Å². The highest BCUT2D eigenvalue weighted by Crippen LogP contribution is 2.39. The van der Waals surface area contributed by atoms with Gasteiger partial charge in [-0.2, -0.15) is 0 Å². The van der Waals surface area contributed by atoms with Crippen LogP contribution in [0.3, 0.4) is 0 Å². The molecular formula is C21H21FN2O3. The predicted molar refractivity (Wildman–Crippen MR) is 100 cm³/mol. The minimum atomic E-state index is -0.833. The molecule has 1 N–H and O–H groups in total. The molecule has 0 bridgehead atoms. The molecule has 2 aromatic rings. The van der Waals surface area contributed by atoms with Crippen LogP contribution in [-0.2, 0) is 9.59 Å². The number of Topliss-reactive ketones (excluding diaryl/α,β-unsaturated/α-hetero) is 1. The van der Waals surface area contributed by atoms with Gasteiger partial charge in [-0.25, -0.2) is 4.39 Å². The van der Waals surface area contributed by atoms with E-state index in [2.05, 4.69) is 0 Å². The zero-order chi connectivity index (χ0) is 19.6. The first-order valence-electron chi connectivity index (χ1n) is 8.64. The number of hydrogen-bond acceptors (Lipinski definition) is 4. The second-order valence-electron chi connectivity index (χ2n) is 6.72. The molecule has 1 fully saturated rings. The van der Waals surface area contributed by atoms with Crippen molar-refractivity contribution in [2.45, 2.75) is 6.04 Å². The van der Waals surface area contributed by atoms with Crippen molar-refractivity contribution in [3.05, 3.63) is 77.1 Å². The topological polar surface area (TPSA) is 60.9 Å². The number of rotatable bonds is 5. The van der Waals surface area contributed by atoms with Crippen molar-refractivity contribution in [1.29, 1.82) is 0 Å². The Labute approximate surface area is 157 Å². The normalized spacial score (nSPS) is 19.1. The summed E-state index contributed by atoms with van der Waals surface area (Å²) in [6.45, 7) is 0.814. The molecule has 1 aliphatic heterocycles. The fourth-order valence-electron chi connectivity index (χ4n) is 3.19. The zero-order valence-electron chi connectivity index (χ0n) is 15.2. The van der Waals surface area contributed by atoms with Gasteiger partial charge in [-0.1, -0.05) is 42.5 Å². The lowest BCUT2D eigenvalue weighted by Crippen LogP contribution is -2.35. The molecule has 5 nitrogen and oxygen atoms in total. The third-order valence-corrected chi connectivity index (χ3v) is 4.54. The van der Waals surface area contributed by atoms with Crippen molar-refractivity contribution < 1.29 is 19.1 Å². The molecule has 1 atom stereocenters. The largest absolute Gasteiger partial charge is 0.507 e. The zero-order valence-corrected chi connectivity index (χ0v) is 15.2. The lowest BCUT2D eigenvalue weighted by Gasteiger charge is -2.26. The highest BCUT2D eigenvalue weighted by molar-refractivity contribution is 6.46. The van der Waals surface area contributed by atoms with Crippen LogP contribution in [-0.4, -0.2) is 53.8 Å². The Bertz CT molecular complexity index is 893. The van der Waals surface area contributed by atoms with Crippen molar-refractivity contribution >= 4 is 17.4 Å². The number of likely N-dealkylation sites (tertiary alicyclic amines) is 1. The smallest absolute Gasteiger partial charge is 0.295 e. The number of aliphatic hydroxyl groups excluding tert-OH is 1. The number of ketones is 1. The summed E-state index contributed by atoms with van der Waals surface area (Å²) in [7, 11) is 3.72. The van der Waals surface area contributed by atoms with E-state index in [1.165, 1.54) is 23.1 Å². The molecule has 1 heterocycles. The number of benzene rings is 2. The van der Waals surface area contributed by atoms with Crippen molar-refractivity contribution in [2.24, 2.45) is 0 Å². The van der Waals surface area contributed by atoms with E-state index in [0.717, 1.165) is 0 Å². The molecule has 0 aliphatic carbocycles. The third-order valence-electron chi connectivity index (χ3n) is 4.54. The van der Waals surface area contributed by atoms with Gasteiger partial charge in [-0.15, -0.1) is 0 Å². The molecule has 0 unspecified atom stereocenters. The Morgan fingerprint density at radius 1 is 1.11 bits per heavy atom. The van der Waals surface area contributed by atoms with E-state index >= 15 is 0 Å². The van der Waals surface area contributed by atoms with E-state index in [1.54, 1.807) is 36.4 Å². The minimum Gasteiger partial charge on any atom is -0.507 e. The van der Waals surface area contributed by atoms with Crippen molar-refractivity contribution in [2.75, 3.05) is 27.2 Å². The van der Waals surface area contributed by atoms with Crippen molar-refractivity contribution in [1.82, 2.24) is 9.80 Å². The second kappa shape index (κ2) is 7.72. The maximum atomic E-state index is 13.8. The maximum Gasteiger partial charge on any atom is 0.295 e. The van der Waals surface area contributed by atoms with Crippen molar-refractivity contribution in [3.8, 4) is 0 Å². The lowest BCUT2D eigenvalue weighted by molar-refractivity contribution is -0.140. The quantitative estimate of drug-likeness (QED) is 0.501. The molecule has 2 aromatic carbocycles. The van der Waals surface area contributed by atoms with E-state index in [1.807, 2.05) is 19.0 Å². The van der Waals surface area contributed by atoms with Gasteiger partial charge in [-0.3, -0.25) is 9.59 Å². The van der Waals surface area contributed by atoms with Crippen LogP contribution in [0.5, 0.6) is 0 Å². The molecule has 1 aliphatic rings. The van der Waals surface area contributed by atoms with E-state index in [9.17, 15) is 19.1 Å². The fourth-order valence-corrected chi connectivity index (χ4v) is 3.19. The third kappa shape index (κ3) is 3.75. The van der Waals surface area contributed by atoms with E-state index < -0.39 is 23.5 Å². The molecule has 6 heteroatoms. The maximum absolute atomic E-state index is 13.8. The average molecular weight is 368 g/mol. The summed E-state index contributed by atoms with van der Waals surface area (Å²) in [5.74, 6) is -2.17. The number of carbonyl (C=O) groups is 2. The Kier molecular flexibility index (Phi) is 5.37. The molecule has 1 saturated heterocycles. The van der Waals surface area contributed by atoms with E-state index in [4.69, 9.17) is 0 Å². The van der Waals surface area contributed by atoms with Crippen LogP contribution < -0.4 is 0 Å². The lowest BCUT2D eigenvalue weighted by atomic mass is 9.95. The predicted octanol–water partition coefficient (Wildman–Crippen LogP) is 2.81. The number of carbonyl (C=O) groups excluding carboxylic acids is 2. The van der Waals surface area contributed by atoms with E-state index in [0.29, 0.717) is 17.7 Å². The summed E-state index contributed by atoms with van der Waals surface area (Å²) < 4.78 is 13.8. The standard InChI is InChI=1S/C21H21FN2O3/c1-23(2)11-12-24-18(15-9-6-10-16(22)13-15)17(20(26)21(24)27)19(25)14-7-4-3-5-8-14/h3-10,13,18,25H,11-12H2,1-2H3/b19-17+/t18-/m0/s1. The van der Waals surface area contributed by atoms with Crippen LogP contribution in [0.1, 0.15) is 17.2 Å². The van der Waals surface area contributed by atoms with Crippen LogP contribution in [0.2, 0.25) is 0 Å². The Morgan fingerprint density at radius 2 is 1.81 bits per heavy atom. The number of aliphatic hydroxyl groups is 1. The van der Waals surface area contributed by atoms with Gasteiger partial charge in [0.1, 0.15) is 11.6 Å². The summed E-state index contributed by atoms with van der Waals surface area (Å²) in [4.78, 5) is 28.7. The van der Waals surface area contributed by atoms with Crippen LogP contribution in [0.4, 0.5) is 4.39 Å². The van der Waals surface area contributed by atoms with Gasteiger partial charge in [-0.05, 0) is 31.8 Å². The number of hydrogen-bond donors (Lipinski definition) is 1. The highest BCUT2D eigenvalue weighted by Gasteiger charge is 2.45. The van der Waals surface area contributed by atoms with E-state index in [-0.39, 0.29) is 17.9 Å². The van der Waals surface area contributed by atoms with Gasteiger partial charge >= 0.3 is 0 Å². The molecule has 0 aromatic heterocycles. The number of halogens is 1. The summed E-state index contributed by atoms with van der Waals surface area (Å²) in [5.41, 5.74) is 0.866. The molecular weight excluding hydrogens is 347 g/mol. The van der Waals surface area contributed by atoms with Crippen LogP contribution in [0.25, 0.3) is 5.76 Å². The first kappa shape index (κ1) is 18.8. The fraction of sp³-hybridized carbons (Fsp3) is 0.238. The first-order chi connectivity index (χ1) is 12.9. The van der Waals surface area contributed by atoms with Gasteiger partial charge in [0.15, 0.2) is 0 Å². The Morgan fingerprint density at radius 3 is 2.44 bits per heavy atom. The first-order valence-corrected chi connectivity index (χ1v) is 8.64. The Balaban J connectivity index is 2.15. The van der Waals surface area contributed by atoms with Gasteiger partial charge < -0.3 is 14.9 Å². The number of nitrogens with zero attached hydrogens (tertiary/aromatic N) is 2. The molecule has 3 rings (SSSR count). The van der Waals surface area contributed by atoms with Crippen LogP contribution >= 0.6 is 0 Å². The monoisotopic (exact) mass is 368 g/mol. The van der Waals surface area contributed by atoms with Gasteiger partial charge in [0.05, 0.1) is 11.6 Å². The molecule has 1 amide bonds. The molecule has 27 heavy (non-hydrogen) atoms. The molecule has 0 saturated carbocycles. The van der Waals surface area contributed by atoms with Gasteiger partial charge in [0.25, 0.3) is 11.7 Å². The van der Waals surface area contributed by atoms with Crippen LogP contribution in [0, 0.1) is 5.82 Å². The number of likely N-dealkylation sites (N-methyl/N-ethyl adjacent to an activating group) is 1. The average Bonchev–Trinajstić information content (AvgIpc) is 2.91. The molecule has 0 spiro atoms. The number of amides is 1. The molecule has 140 valence electrons. The summed E-state index contributed by atoms with van der Waals surface area (Å²) >= 11 is 0. The Hall–Kier alpha value is -2.99.